The minimum Gasteiger partial charge on any atom is -0.506 e. The minimum atomic E-state index is -0.742. The highest BCUT2D eigenvalue weighted by Gasteiger charge is 2.14. The number of ether oxygens (including phenoxy) is 1. The van der Waals surface area contributed by atoms with Crippen molar-refractivity contribution in [1.29, 1.82) is 0 Å². The average Bonchev–Trinajstić information content (AvgIpc) is 2.89. The second kappa shape index (κ2) is 7.01. The summed E-state index contributed by atoms with van der Waals surface area (Å²) in [5.74, 6) is -0.557. The van der Waals surface area contributed by atoms with Crippen LogP contribution in [0.25, 0.3) is 0 Å². The number of nitrogens with one attached hydrogen (secondary N) is 2. The zero-order valence-electron chi connectivity index (χ0n) is 12.5. The molecule has 3 N–H and O–H groups in total. The van der Waals surface area contributed by atoms with Crippen molar-refractivity contribution in [3.8, 4) is 5.75 Å². The van der Waals surface area contributed by atoms with Gasteiger partial charge in [-0.05, 0) is 6.07 Å². The maximum Gasteiger partial charge on any atom is 0.411 e. The predicted octanol–water partition coefficient (Wildman–Crippen LogP) is 1.49. The molecular weight excluding hydrogens is 324 g/mol. The number of aromatic hydroxyl groups is 1. The first kappa shape index (κ1) is 16.6. The fraction of sp³-hybridized carbons (Fsp3) is 0.214. The first-order chi connectivity index (χ1) is 10.9. The Morgan fingerprint density at radius 2 is 2.09 bits per heavy atom. The second-order valence-corrected chi connectivity index (χ2v) is 5.17. The summed E-state index contributed by atoms with van der Waals surface area (Å²) in [6, 6.07) is 2.57. The van der Waals surface area contributed by atoms with Crippen molar-refractivity contribution in [1.82, 2.24) is 4.57 Å². The molecule has 0 aliphatic carbocycles. The summed E-state index contributed by atoms with van der Waals surface area (Å²) in [4.78, 5) is 23.1. The third kappa shape index (κ3) is 4.36. The number of aryl methyl sites for hydroxylation is 1. The molecule has 0 aliphatic heterocycles. The summed E-state index contributed by atoms with van der Waals surface area (Å²) in [5.41, 5.74) is 0.318. The molecule has 1 heterocycles. The average molecular weight is 340 g/mol. The van der Waals surface area contributed by atoms with Gasteiger partial charge in [0, 0.05) is 6.07 Å². The fourth-order valence-corrected chi connectivity index (χ4v) is 2.08. The molecule has 2 aromatic rings. The highest BCUT2D eigenvalue weighted by atomic mass is 35.5. The van der Waals surface area contributed by atoms with Crippen LogP contribution in [0.2, 0.25) is 5.02 Å². The van der Waals surface area contributed by atoms with Gasteiger partial charge in [-0.15, -0.1) is 0 Å². The van der Waals surface area contributed by atoms with Gasteiger partial charge in [-0.2, -0.15) is 0 Å². The summed E-state index contributed by atoms with van der Waals surface area (Å²) in [5, 5.41) is 15.0. The number of hydrogen-bond donors (Lipinski definition) is 3. The summed E-state index contributed by atoms with van der Waals surface area (Å²) >= 11 is 6.05. The molecule has 0 atom stereocenters. The van der Waals surface area contributed by atoms with E-state index in [0.29, 0.717) is 0 Å². The normalized spacial score (nSPS) is 10.2. The molecule has 9 heteroatoms. The lowest BCUT2D eigenvalue weighted by atomic mass is 10.2. The molecular formula is C14H16ClN4O4+. The van der Waals surface area contributed by atoms with E-state index in [2.05, 4.69) is 15.4 Å². The largest absolute Gasteiger partial charge is 0.506 e. The second-order valence-electron chi connectivity index (χ2n) is 4.77. The van der Waals surface area contributed by atoms with Gasteiger partial charge >= 0.3 is 6.09 Å². The lowest BCUT2D eigenvalue weighted by Crippen LogP contribution is -2.25. The van der Waals surface area contributed by atoms with E-state index in [1.54, 1.807) is 27.9 Å². The number of amides is 2. The predicted molar refractivity (Wildman–Crippen MR) is 83.4 cm³/mol. The highest BCUT2D eigenvalue weighted by molar-refractivity contribution is 6.34. The molecule has 0 bridgehead atoms. The van der Waals surface area contributed by atoms with Crippen molar-refractivity contribution in [2.45, 2.75) is 6.54 Å². The zero-order chi connectivity index (χ0) is 17.0. The number of aromatic nitrogens is 2. The number of carbonyl (C=O) groups excluding carboxylic acids is 2. The van der Waals surface area contributed by atoms with Gasteiger partial charge in [0.15, 0.2) is 6.54 Å². The van der Waals surface area contributed by atoms with Gasteiger partial charge in [-0.1, -0.05) is 11.6 Å². The van der Waals surface area contributed by atoms with Crippen LogP contribution < -0.4 is 15.2 Å². The monoisotopic (exact) mass is 339 g/mol. The molecule has 0 aliphatic rings. The van der Waals surface area contributed by atoms with Gasteiger partial charge in [-0.25, -0.2) is 13.9 Å². The molecule has 0 saturated heterocycles. The summed E-state index contributed by atoms with van der Waals surface area (Å²) in [6.45, 7) is 0.0973. The number of halogens is 1. The van der Waals surface area contributed by atoms with Crippen LogP contribution in [0.1, 0.15) is 0 Å². The first-order valence-electron chi connectivity index (χ1n) is 6.57. The number of imidazole rings is 1. The van der Waals surface area contributed by atoms with Crippen LogP contribution in [0, 0.1) is 0 Å². The smallest absolute Gasteiger partial charge is 0.411 e. The van der Waals surface area contributed by atoms with E-state index < -0.39 is 6.09 Å². The van der Waals surface area contributed by atoms with Crippen LogP contribution in [0.5, 0.6) is 5.75 Å². The molecule has 0 radical (unpaired) electrons. The van der Waals surface area contributed by atoms with Crippen molar-refractivity contribution in [3.05, 3.63) is 35.9 Å². The van der Waals surface area contributed by atoms with E-state index in [1.807, 2.05) is 7.05 Å². The zero-order valence-corrected chi connectivity index (χ0v) is 13.3. The van der Waals surface area contributed by atoms with E-state index in [4.69, 9.17) is 11.6 Å². The van der Waals surface area contributed by atoms with Crippen LogP contribution in [0.4, 0.5) is 16.2 Å². The molecule has 0 saturated carbocycles. The van der Waals surface area contributed by atoms with Gasteiger partial charge in [0.25, 0.3) is 5.91 Å². The molecule has 0 unspecified atom stereocenters. The Bertz CT molecular complexity index is 744. The molecule has 0 spiro atoms. The first-order valence-corrected chi connectivity index (χ1v) is 6.95. The lowest BCUT2D eigenvalue weighted by Gasteiger charge is -2.11. The Balaban J connectivity index is 2.09. The third-order valence-electron chi connectivity index (χ3n) is 2.93. The topological polar surface area (TPSA) is 96.5 Å². The van der Waals surface area contributed by atoms with Gasteiger partial charge in [0.2, 0.25) is 6.33 Å². The Morgan fingerprint density at radius 3 is 2.70 bits per heavy atom. The van der Waals surface area contributed by atoms with Crippen molar-refractivity contribution in [2.24, 2.45) is 7.05 Å². The number of methoxy groups -OCH3 is 1. The Hall–Kier alpha value is -2.74. The SMILES string of the molecule is COC(=O)Nc1cc(Cl)c(NC(=O)Cn2cc[n+](C)c2)cc1O. The number of nitrogens with zero attached hydrogens (tertiary/aromatic N) is 2. The maximum absolute atomic E-state index is 12.0. The Labute approximate surface area is 137 Å². The quantitative estimate of drug-likeness (QED) is 0.581. The maximum atomic E-state index is 12.0. The lowest BCUT2D eigenvalue weighted by molar-refractivity contribution is -0.671. The van der Waals surface area contributed by atoms with Crippen LogP contribution in [0.3, 0.4) is 0 Å². The van der Waals surface area contributed by atoms with E-state index in [1.165, 1.54) is 19.2 Å². The molecule has 0 fully saturated rings. The van der Waals surface area contributed by atoms with Crippen LogP contribution >= 0.6 is 11.6 Å². The Kier molecular flexibility index (Phi) is 5.07. The van der Waals surface area contributed by atoms with Gasteiger partial charge in [0.05, 0.1) is 30.6 Å². The molecule has 1 aromatic carbocycles. The van der Waals surface area contributed by atoms with Crippen LogP contribution in [-0.4, -0.2) is 28.8 Å². The number of phenols is 1. The number of anilines is 2. The van der Waals surface area contributed by atoms with E-state index in [-0.39, 0.29) is 34.6 Å². The van der Waals surface area contributed by atoms with E-state index in [9.17, 15) is 14.7 Å². The van der Waals surface area contributed by atoms with Crippen molar-refractivity contribution < 1.29 is 24.0 Å². The fourth-order valence-electron chi connectivity index (χ4n) is 1.87. The number of rotatable bonds is 4. The molecule has 2 amide bonds. The van der Waals surface area contributed by atoms with Crippen LogP contribution in [0.15, 0.2) is 30.9 Å². The molecule has 122 valence electrons. The van der Waals surface area contributed by atoms with Crippen molar-refractivity contribution in [3.63, 3.8) is 0 Å². The van der Waals surface area contributed by atoms with Crippen molar-refractivity contribution in [2.75, 3.05) is 17.7 Å². The molecule has 1 aromatic heterocycles. The summed E-state index contributed by atoms with van der Waals surface area (Å²) < 4.78 is 7.93. The molecule has 8 nitrogen and oxygen atoms in total. The van der Waals surface area contributed by atoms with E-state index in [0.717, 1.165) is 0 Å². The van der Waals surface area contributed by atoms with Crippen molar-refractivity contribution >= 4 is 35.0 Å². The number of carbonyl (C=O) groups is 2. The summed E-state index contributed by atoms with van der Waals surface area (Å²) in [7, 11) is 3.04. The highest BCUT2D eigenvalue weighted by Crippen LogP contribution is 2.33. The standard InChI is InChI=1S/C14H15ClN4O4/c1-18-3-4-19(8-18)7-13(21)16-10-6-12(20)11(5-9(10)15)17-14(22)23-2/h3-6,8H,7H2,1-2H3,(H2-,16,17,20,21,22)/p+1. The number of phenolic OH excluding ortho intramolecular Hbond substituents is 1. The minimum absolute atomic E-state index is 0.0808. The molecule has 23 heavy (non-hydrogen) atoms. The van der Waals surface area contributed by atoms with Gasteiger partial charge < -0.3 is 15.2 Å². The molecule has 2 rings (SSSR count). The third-order valence-corrected chi connectivity index (χ3v) is 3.24. The van der Waals surface area contributed by atoms with Gasteiger partial charge in [0.1, 0.15) is 18.1 Å². The Morgan fingerprint density at radius 1 is 1.35 bits per heavy atom. The van der Waals surface area contributed by atoms with Gasteiger partial charge in [-0.3, -0.25) is 10.1 Å². The van der Waals surface area contributed by atoms with Crippen LogP contribution in [-0.2, 0) is 23.1 Å². The summed E-state index contributed by atoms with van der Waals surface area (Å²) in [6.07, 6.45) is 4.57. The number of benzene rings is 1. The van der Waals surface area contributed by atoms with E-state index >= 15 is 0 Å². The number of hydrogen-bond acceptors (Lipinski definition) is 4.